The molecule has 0 saturated heterocycles. The van der Waals surface area contributed by atoms with Crippen molar-refractivity contribution in [2.45, 2.75) is 19.9 Å². The fourth-order valence-electron chi connectivity index (χ4n) is 2.27. The van der Waals surface area contributed by atoms with Crippen LogP contribution in [0.1, 0.15) is 12.1 Å². The largest absolute Gasteiger partial charge is 0.385 e. The van der Waals surface area contributed by atoms with Crippen molar-refractivity contribution >= 4 is 17.1 Å². The summed E-state index contributed by atoms with van der Waals surface area (Å²) in [5.41, 5.74) is 8.08. The Morgan fingerprint density at radius 1 is 1.30 bits per heavy atom. The molecule has 1 atom stereocenters. The van der Waals surface area contributed by atoms with Crippen LogP contribution >= 0.6 is 0 Å². The van der Waals surface area contributed by atoms with E-state index in [1.54, 1.807) is 20.5 Å². The van der Waals surface area contributed by atoms with Gasteiger partial charge in [0.2, 0.25) is 5.95 Å². The maximum absolute atomic E-state index is 5.71. The number of nitrogen functional groups attached to an aromatic ring is 1. The van der Waals surface area contributed by atoms with Crippen molar-refractivity contribution < 1.29 is 9.47 Å². The summed E-state index contributed by atoms with van der Waals surface area (Å²) >= 11 is 0. The van der Waals surface area contributed by atoms with E-state index in [4.69, 9.17) is 15.2 Å². The summed E-state index contributed by atoms with van der Waals surface area (Å²) in [4.78, 5) is 12.8. The number of nitrogens with zero attached hydrogens (tertiary/aromatic N) is 4. The van der Waals surface area contributed by atoms with Crippen molar-refractivity contribution in [2.75, 3.05) is 33.2 Å². The molecule has 0 aliphatic heterocycles. The molecule has 0 fully saturated rings. The molecule has 20 heavy (non-hydrogen) atoms. The van der Waals surface area contributed by atoms with Crippen molar-refractivity contribution in [3.8, 4) is 0 Å². The topological polar surface area (TPSA) is 88.1 Å². The minimum absolute atomic E-state index is 0.275. The molecule has 2 aromatic heterocycles. The van der Waals surface area contributed by atoms with Gasteiger partial charge in [0.1, 0.15) is 5.52 Å². The lowest BCUT2D eigenvalue weighted by molar-refractivity contribution is 0.110. The highest BCUT2D eigenvalue weighted by Crippen LogP contribution is 2.17. The second-order valence-corrected chi connectivity index (χ2v) is 4.84. The third-order valence-corrected chi connectivity index (χ3v) is 3.24. The molecule has 0 saturated carbocycles. The quantitative estimate of drug-likeness (QED) is 0.814. The molecular formula is C13H21N5O2. The number of anilines is 1. The maximum atomic E-state index is 5.71. The van der Waals surface area contributed by atoms with Gasteiger partial charge in [0.15, 0.2) is 5.65 Å². The number of imidazole rings is 1. The molecule has 0 aromatic carbocycles. The minimum Gasteiger partial charge on any atom is -0.385 e. The summed E-state index contributed by atoms with van der Waals surface area (Å²) in [6.45, 7) is 4.03. The lowest BCUT2D eigenvalue weighted by atomic mass is 10.1. The van der Waals surface area contributed by atoms with Gasteiger partial charge in [-0.2, -0.15) is 4.98 Å². The van der Waals surface area contributed by atoms with Crippen LogP contribution in [0.5, 0.6) is 0 Å². The molecule has 7 nitrogen and oxygen atoms in total. The summed E-state index contributed by atoms with van der Waals surface area (Å²) in [5, 5.41) is 0. The molecule has 0 aliphatic carbocycles. The number of aryl methyl sites for hydroxylation is 1. The van der Waals surface area contributed by atoms with E-state index in [-0.39, 0.29) is 5.95 Å². The van der Waals surface area contributed by atoms with Crippen molar-refractivity contribution in [3.05, 3.63) is 12.0 Å². The van der Waals surface area contributed by atoms with E-state index in [1.165, 1.54) is 0 Å². The third-order valence-electron chi connectivity index (χ3n) is 3.24. The van der Waals surface area contributed by atoms with Crippen LogP contribution in [-0.4, -0.2) is 47.0 Å². The zero-order valence-electron chi connectivity index (χ0n) is 12.2. The number of hydrogen-bond donors (Lipinski definition) is 1. The fraction of sp³-hybridized carbons (Fsp3) is 0.615. The molecule has 0 bridgehead atoms. The Bertz CT molecular complexity index is 569. The molecule has 110 valence electrons. The summed E-state index contributed by atoms with van der Waals surface area (Å²) < 4.78 is 12.4. The van der Waals surface area contributed by atoms with E-state index in [1.807, 2.05) is 11.5 Å². The summed E-state index contributed by atoms with van der Waals surface area (Å²) in [5.74, 6) is 0.616. The first kappa shape index (κ1) is 14.7. The average molecular weight is 279 g/mol. The zero-order valence-corrected chi connectivity index (χ0v) is 12.2. The Kier molecular flexibility index (Phi) is 4.86. The van der Waals surface area contributed by atoms with E-state index >= 15 is 0 Å². The standard InChI is InChI=1S/C13H21N5O2/c1-9-11-12(17-13(14)16-9)18(8-15-11)6-10(7-20-3)4-5-19-2/h8,10H,4-7H2,1-3H3,(H2,14,16,17). The van der Waals surface area contributed by atoms with Crippen LogP contribution < -0.4 is 5.73 Å². The second-order valence-electron chi connectivity index (χ2n) is 4.84. The van der Waals surface area contributed by atoms with Gasteiger partial charge in [-0.1, -0.05) is 0 Å². The van der Waals surface area contributed by atoms with E-state index in [2.05, 4.69) is 15.0 Å². The monoisotopic (exact) mass is 279 g/mol. The minimum atomic E-state index is 0.275. The first-order valence-electron chi connectivity index (χ1n) is 6.58. The number of methoxy groups -OCH3 is 2. The third kappa shape index (κ3) is 3.23. The molecule has 2 heterocycles. The van der Waals surface area contributed by atoms with Gasteiger partial charge in [-0.3, -0.25) is 0 Å². The first-order valence-corrected chi connectivity index (χ1v) is 6.58. The van der Waals surface area contributed by atoms with E-state index in [0.717, 1.165) is 29.8 Å². The number of aromatic nitrogens is 4. The van der Waals surface area contributed by atoms with Gasteiger partial charge in [0.05, 0.1) is 18.6 Å². The van der Waals surface area contributed by atoms with Crippen molar-refractivity contribution in [2.24, 2.45) is 5.92 Å². The van der Waals surface area contributed by atoms with Crippen LogP contribution in [0.15, 0.2) is 6.33 Å². The van der Waals surface area contributed by atoms with Gasteiger partial charge in [0.25, 0.3) is 0 Å². The Balaban J connectivity index is 2.23. The van der Waals surface area contributed by atoms with Crippen molar-refractivity contribution in [3.63, 3.8) is 0 Å². The van der Waals surface area contributed by atoms with Crippen molar-refractivity contribution in [1.29, 1.82) is 0 Å². The molecule has 2 aromatic rings. The van der Waals surface area contributed by atoms with Crippen LogP contribution in [0, 0.1) is 12.8 Å². The first-order chi connectivity index (χ1) is 9.65. The maximum Gasteiger partial charge on any atom is 0.222 e. The zero-order chi connectivity index (χ0) is 14.5. The SMILES string of the molecule is COCCC(COC)Cn1cnc2c(C)nc(N)nc21. The molecule has 1 unspecified atom stereocenters. The van der Waals surface area contributed by atoms with Crippen molar-refractivity contribution in [1.82, 2.24) is 19.5 Å². The molecule has 2 N–H and O–H groups in total. The Hall–Kier alpha value is -1.73. The summed E-state index contributed by atoms with van der Waals surface area (Å²) in [6.07, 6.45) is 2.70. The lowest BCUT2D eigenvalue weighted by Gasteiger charge is -2.16. The van der Waals surface area contributed by atoms with Crippen LogP contribution in [0.2, 0.25) is 0 Å². The molecule has 0 amide bonds. The highest BCUT2D eigenvalue weighted by Gasteiger charge is 2.14. The highest BCUT2D eigenvalue weighted by atomic mass is 16.5. The predicted molar refractivity (Wildman–Crippen MR) is 76.3 cm³/mol. The van der Waals surface area contributed by atoms with Gasteiger partial charge >= 0.3 is 0 Å². The summed E-state index contributed by atoms with van der Waals surface area (Å²) in [6, 6.07) is 0. The van der Waals surface area contributed by atoms with Gasteiger partial charge in [-0.05, 0) is 13.3 Å². The van der Waals surface area contributed by atoms with Crippen LogP contribution in [0.25, 0.3) is 11.2 Å². The molecule has 0 radical (unpaired) electrons. The van der Waals surface area contributed by atoms with Crippen LogP contribution in [0.3, 0.4) is 0 Å². The fourth-order valence-corrected chi connectivity index (χ4v) is 2.27. The molecular weight excluding hydrogens is 258 g/mol. The number of fused-ring (bicyclic) bond motifs is 1. The average Bonchev–Trinajstić information content (AvgIpc) is 2.79. The van der Waals surface area contributed by atoms with Gasteiger partial charge in [0, 0.05) is 33.3 Å². The van der Waals surface area contributed by atoms with Gasteiger partial charge in [-0.15, -0.1) is 0 Å². The molecule has 2 rings (SSSR count). The van der Waals surface area contributed by atoms with Crippen LogP contribution in [-0.2, 0) is 16.0 Å². The normalized spacial score (nSPS) is 12.9. The number of nitrogens with two attached hydrogens (primary N) is 1. The summed E-state index contributed by atoms with van der Waals surface area (Å²) in [7, 11) is 3.41. The molecule has 0 aliphatic rings. The predicted octanol–water partition coefficient (Wildman–Crippen LogP) is 1.02. The smallest absolute Gasteiger partial charge is 0.222 e. The van der Waals surface area contributed by atoms with Gasteiger partial charge in [-0.25, -0.2) is 9.97 Å². The molecule has 7 heteroatoms. The Labute approximate surface area is 118 Å². The van der Waals surface area contributed by atoms with E-state index in [9.17, 15) is 0 Å². The van der Waals surface area contributed by atoms with Gasteiger partial charge < -0.3 is 19.8 Å². The van der Waals surface area contributed by atoms with Crippen LogP contribution in [0.4, 0.5) is 5.95 Å². The Morgan fingerprint density at radius 2 is 2.10 bits per heavy atom. The number of rotatable bonds is 7. The second kappa shape index (κ2) is 6.62. The highest BCUT2D eigenvalue weighted by molar-refractivity contribution is 5.74. The molecule has 0 spiro atoms. The number of hydrogen-bond acceptors (Lipinski definition) is 6. The lowest BCUT2D eigenvalue weighted by Crippen LogP contribution is -2.18. The van der Waals surface area contributed by atoms with E-state index < -0.39 is 0 Å². The van der Waals surface area contributed by atoms with E-state index in [0.29, 0.717) is 19.1 Å². The number of ether oxygens (including phenoxy) is 2. The Morgan fingerprint density at radius 3 is 2.80 bits per heavy atom.